The fourth-order valence-electron chi connectivity index (χ4n) is 2.90. The second-order valence-electron chi connectivity index (χ2n) is 7.13. The van der Waals surface area contributed by atoms with Crippen LogP contribution < -0.4 is 16.1 Å². The topological polar surface area (TPSA) is 112 Å². The van der Waals surface area contributed by atoms with Crippen LogP contribution in [0.3, 0.4) is 0 Å². The van der Waals surface area contributed by atoms with Crippen molar-refractivity contribution in [1.82, 2.24) is 15.6 Å². The number of aryl methyl sites for hydroxylation is 1. The van der Waals surface area contributed by atoms with Gasteiger partial charge in [-0.3, -0.25) is 19.3 Å². The molecule has 0 unspecified atom stereocenters. The van der Waals surface area contributed by atoms with E-state index in [0.717, 1.165) is 51.3 Å². The first-order valence-corrected chi connectivity index (χ1v) is 10.3. The standard InChI is InChI=1S/C21H31N5O4/c1-3-17-5-7-18(8-6-17)23-20(28)21(29)25-24-16(2)15-19(27)22-9-4-10-26-11-13-30-14-12-26/h5-8H,3-4,9-15H2,1-2H3,(H,22,27)(H,23,28)(H,25,29). The molecular weight excluding hydrogens is 386 g/mol. The molecule has 9 nitrogen and oxygen atoms in total. The molecule has 3 amide bonds. The maximum absolute atomic E-state index is 12.0. The van der Waals surface area contributed by atoms with Crippen LogP contribution >= 0.6 is 0 Å². The van der Waals surface area contributed by atoms with Crippen LogP contribution in [0.5, 0.6) is 0 Å². The number of anilines is 1. The Morgan fingerprint density at radius 3 is 2.47 bits per heavy atom. The van der Waals surface area contributed by atoms with Crippen molar-refractivity contribution in [2.24, 2.45) is 5.10 Å². The van der Waals surface area contributed by atoms with Crippen LogP contribution in [-0.2, 0) is 25.5 Å². The second kappa shape index (κ2) is 12.7. The maximum atomic E-state index is 12.0. The van der Waals surface area contributed by atoms with Crippen LogP contribution in [0.2, 0.25) is 0 Å². The highest BCUT2D eigenvalue weighted by atomic mass is 16.5. The summed E-state index contributed by atoms with van der Waals surface area (Å²) in [5, 5.41) is 9.17. The zero-order valence-electron chi connectivity index (χ0n) is 17.7. The Kier molecular flexibility index (Phi) is 9.96. The largest absolute Gasteiger partial charge is 0.379 e. The molecule has 1 fully saturated rings. The Hall–Kier alpha value is -2.78. The van der Waals surface area contributed by atoms with E-state index >= 15 is 0 Å². The number of hydrazone groups is 1. The van der Waals surface area contributed by atoms with Crippen LogP contribution in [0, 0.1) is 0 Å². The zero-order valence-corrected chi connectivity index (χ0v) is 17.7. The van der Waals surface area contributed by atoms with Crippen LogP contribution in [0.4, 0.5) is 5.69 Å². The molecule has 9 heteroatoms. The van der Waals surface area contributed by atoms with Gasteiger partial charge >= 0.3 is 11.8 Å². The first kappa shape index (κ1) is 23.5. The van der Waals surface area contributed by atoms with Crippen LogP contribution in [0.15, 0.2) is 29.4 Å². The fourth-order valence-corrected chi connectivity index (χ4v) is 2.90. The fraction of sp³-hybridized carbons (Fsp3) is 0.524. The number of benzene rings is 1. The Bertz CT molecular complexity index is 742. The van der Waals surface area contributed by atoms with Gasteiger partial charge in [-0.15, -0.1) is 0 Å². The van der Waals surface area contributed by atoms with Crippen LogP contribution in [0.25, 0.3) is 0 Å². The van der Waals surface area contributed by atoms with E-state index in [2.05, 4.69) is 26.1 Å². The van der Waals surface area contributed by atoms with Gasteiger partial charge in [0.1, 0.15) is 0 Å². The third kappa shape index (κ3) is 8.71. The number of rotatable bonds is 9. The van der Waals surface area contributed by atoms with Crippen molar-refractivity contribution in [1.29, 1.82) is 0 Å². The van der Waals surface area contributed by atoms with Crippen molar-refractivity contribution in [3.63, 3.8) is 0 Å². The molecule has 1 aliphatic rings. The Morgan fingerprint density at radius 1 is 1.10 bits per heavy atom. The minimum Gasteiger partial charge on any atom is -0.379 e. The molecule has 30 heavy (non-hydrogen) atoms. The molecule has 0 aromatic heterocycles. The molecular formula is C21H31N5O4. The summed E-state index contributed by atoms with van der Waals surface area (Å²) in [6.07, 6.45) is 1.81. The second-order valence-corrected chi connectivity index (χ2v) is 7.13. The summed E-state index contributed by atoms with van der Waals surface area (Å²) in [5.74, 6) is -1.88. The zero-order chi connectivity index (χ0) is 21.8. The lowest BCUT2D eigenvalue weighted by molar-refractivity contribution is -0.136. The number of ether oxygens (including phenoxy) is 1. The molecule has 1 saturated heterocycles. The predicted molar refractivity (Wildman–Crippen MR) is 115 cm³/mol. The monoisotopic (exact) mass is 417 g/mol. The number of carbonyl (C=O) groups is 3. The maximum Gasteiger partial charge on any atom is 0.329 e. The van der Waals surface area contributed by atoms with Crippen molar-refractivity contribution in [2.75, 3.05) is 44.7 Å². The van der Waals surface area contributed by atoms with E-state index in [1.807, 2.05) is 19.1 Å². The SMILES string of the molecule is CCc1ccc(NC(=O)C(=O)NN=C(C)CC(=O)NCCCN2CCOCC2)cc1. The van der Waals surface area contributed by atoms with Gasteiger partial charge in [0.2, 0.25) is 5.91 Å². The summed E-state index contributed by atoms with van der Waals surface area (Å²) in [6.45, 7) is 8.53. The average Bonchev–Trinajstić information content (AvgIpc) is 2.76. The highest BCUT2D eigenvalue weighted by Gasteiger charge is 2.14. The smallest absolute Gasteiger partial charge is 0.329 e. The number of hydrogen-bond donors (Lipinski definition) is 3. The number of carbonyl (C=O) groups excluding carboxylic acids is 3. The number of amides is 3. The molecule has 164 valence electrons. The lowest BCUT2D eigenvalue weighted by atomic mass is 10.1. The Morgan fingerprint density at radius 2 is 1.80 bits per heavy atom. The third-order valence-corrected chi connectivity index (χ3v) is 4.67. The van der Waals surface area contributed by atoms with Gasteiger partial charge in [-0.25, -0.2) is 5.43 Å². The van der Waals surface area contributed by atoms with Crippen LogP contribution in [0.1, 0.15) is 32.3 Å². The molecule has 1 aliphatic heterocycles. The van der Waals surface area contributed by atoms with E-state index in [1.165, 1.54) is 0 Å². The molecule has 0 saturated carbocycles. The van der Waals surface area contributed by atoms with Gasteiger partial charge in [-0.1, -0.05) is 19.1 Å². The highest BCUT2D eigenvalue weighted by molar-refractivity contribution is 6.39. The van der Waals surface area contributed by atoms with Crippen molar-refractivity contribution in [3.05, 3.63) is 29.8 Å². The summed E-state index contributed by atoms with van der Waals surface area (Å²) < 4.78 is 5.30. The lowest BCUT2D eigenvalue weighted by Crippen LogP contribution is -2.38. The summed E-state index contributed by atoms with van der Waals surface area (Å²) in [4.78, 5) is 38.1. The molecule has 0 bridgehead atoms. The summed E-state index contributed by atoms with van der Waals surface area (Å²) >= 11 is 0. The summed E-state index contributed by atoms with van der Waals surface area (Å²) in [6, 6.07) is 7.24. The van der Waals surface area contributed by atoms with E-state index in [4.69, 9.17) is 4.74 Å². The predicted octanol–water partition coefficient (Wildman–Crippen LogP) is 0.908. The van der Waals surface area contributed by atoms with Gasteiger partial charge in [0.25, 0.3) is 0 Å². The van der Waals surface area contributed by atoms with Crippen molar-refractivity contribution < 1.29 is 19.1 Å². The van der Waals surface area contributed by atoms with E-state index in [1.54, 1.807) is 19.1 Å². The number of morpholine rings is 1. The van der Waals surface area contributed by atoms with E-state index < -0.39 is 11.8 Å². The Balaban J connectivity index is 1.64. The first-order chi connectivity index (χ1) is 14.5. The Labute approximate surface area is 177 Å². The molecule has 2 rings (SSSR count). The van der Waals surface area contributed by atoms with Gasteiger partial charge in [-0.2, -0.15) is 5.10 Å². The molecule has 1 aromatic carbocycles. The summed E-state index contributed by atoms with van der Waals surface area (Å²) in [7, 11) is 0. The van der Waals surface area contributed by atoms with E-state index in [0.29, 0.717) is 17.9 Å². The number of nitrogens with zero attached hydrogens (tertiary/aromatic N) is 2. The normalized spacial score (nSPS) is 14.8. The van der Waals surface area contributed by atoms with Gasteiger partial charge in [0, 0.05) is 31.0 Å². The third-order valence-electron chi connectivity index (χ3n) is 4.67. The molecule has 0 aliphatic carbocycles. The highest BCUT2D eigenvalue weighted by Crippen LogP contribution is 2.09. The number of nitrogens with one attached hydrogen (secondary N) is 3. The van der Waals surface area contributed by atoms with E-state index in [9.17, 15) is 14.4 Å². The molecule has 1 heterocycles. The van der Waals surface area contributed by atoms with Crippen molar-refractivity contribution in [2.45, 2.75) is 33.1 Å². The minimum absolute atomic E-state index is 0.0535. The van der Waals surface area contributed by atoms with Gasteiger partial charge < -0.3 is 15.4 Å². The van der Waals surface area contributed by atoms with Crippen molar-refractivity contribution in [3.8, 4) is 0 Å². The van der Waals surface area contributed by atoms with Gasteiger partial charge in [-0.05, 0) is 44.0 Å². The lowest BCUT2D eigenvalue weighted by Gasteiger charge is -2.26. The average molecular weight is 418 g/mol. The molecule has 1 aromatic rings. The van der Waals surface area contributed by atoms with Gasteiger partial charge in [0.05, 0.1) is 19.6 Å². The van der Waals surface area contributed by atoms with Crippen molar-refractivity contribution >= 4 is 29.1 Å². The van der Waals surface area contributed by atoms with Crippen LogP contribution in [-0.4, -0.2) is 67.7 Å². The molecule has 3 N–H and O–H groups in total. The first-order valence-electron chi connectivity index (χ1n) is 10.3. The van der Waals surface area contributed by atoms with E-state index in [-0.39, 0.29) is 12.3 Å². The summed E-state index contributed by atoms with van der Waals surface area (Å²) in [5.41, 5.74) is 4.26. The molecule has 0 radical (unpaired) electrons. The number of hydrogen-bond acceptors (Lipinski definition) is 6. The quantitative estimate of drug-likeness (QED) is 0.239. The molecule has 0 atom stereocenters. The minimum atomic E-state index is -0.889. The molecule has 0 spiro atoms. The van der Waals surface area contributed by atoms with Gasteiger partial charge in [0.15, 0.2) is 0 Å².